The van der Waals surface area contributed by atoms with Crippen LogP contribution in [0.2, 0.25) is 0 Å². The minimum absolute atomic E-state index is 0.0948. The second kappa shape index (κ2) is 6.71. The molecule has 26 heavy (non-hydrogen) atoms. The molecule has 1 fully saturated rings. The lowest BCUT2D eigenvalue weighted by Gasteiger charge is -2.17. The molecule has 8 nitrogen and oxygen atoms in total. The van der Waals surface area contributed by atoms with E-state index in [1.54, 1.807) is 0 Å². The van der Waals surface area contributed by atoms with Crippen LogP contribution in [-0.4, -0.2) is 31.5 Å². The van der Waals surface area contributed by atoms with Gasteiger partial charge in [-0.05, 0) is 36.8 Å². The Morgan fingerprint density at radius 3 is 2.46 bits per heavy atom. The van der Waals surface area contributed by atoms with Crippen LogP contribution in [0.3, 0.4) is 0 Å². The molecule has 0 aliphatic carbocycles. The predicted octanol–water partition coefficient (Wildman–Crippen LogP) is 2.53. The van der Waals surface area contributed by atoms with Crippen molar-refractivity contribution >= 4 is 33.0 Å². The minimum atomic E-state index is -3.31. The van der Waals surface area contributed by atoms with Crippen molar-refractivity contribution in [2.24, 2.45) is 0 Å². The van der Waals surface area contributed by atoms with Crippen LogP contribution >= 0.6 is 0 Å². The average Bonchev–Trinajstić information content (AvgIpc) is 2.95. The zero-order valence-corrected chi connectivity index (χ0v) is 14.2. The van der Waals surface area contributed by atoms with E-state index in [1.807, 2.05) is 0 Å². The fourth-order valence-electron chi connectivity index (χ4n) is 2.64. The van der Waals surface area contributed by atoms with Gasteiger partial charge in [-0.2, -0.15) is 0 Å². The first-order chi connectivity index (χ1) is 12.3. The van der Waals surface area contributed by atoms with E-state index in [2.05, 4.69) is 5.32 Å². The number of hydrogen-bond acceptors (Lipinski definition) is 5. The molecular formula is C16H14FN3O5S. The topological polar surface area (TPSA) is 110 Å². The Bertz CT molecular complexity index is 976. The fourth-order valence-corrected chi connectivity index (χ4v) is 4.20. The Hall–Kier alpha value is -3.01. The Labute approximate surface area is 148 Å². The number of carbonyl (C=O) groups is 1. The molecule has 1 N–H and O–H groups in total. The summed E-state index contributed by atoms with van der Waals surface area (Å²) < 4.78 is 38.9. The second-order valence-corrected chi connectivity index (χ2v) is 7.68. The van der Waals surface area contributed by atoms with E-state index in [4.69, 9.17) is 0 Å². The summed E-state index contributed by atoms with van der Waals surface area (Å²) in [4.78, 5) is 22.2. The number of nitro benzene ring substituents is 1. The number of benzene rings is 2. The van der Waals surface area contributed by atoms with Crippen molar-refractivity contribution in [1.29, 1.82) is 0 Å². The first-order valence-corrected chi connectivity index (χ1v) is 9.24. The monoisotopic (exact) mass is 379 g/mol. The van der Waals surface area contributed by atoms with E-state index in [-0.39, 0.29) is 5.75 Å². The Kier molecular flexibility index (Phi) is 4.60. The quantitative estimate of drug-likeness (QED) is 0.648. The van der Waals surface area contributed by atoms with Gasteiger partial charge in [-0.25, -0.2) is 12.8 Å². The summed E-state index contributed by atoms with van der Waals surface area (Å²) >= 11 is 0. The van der Waals surface area contributed by atoms with Gasteiger partial charge in [0.05, 0.1) is 21.9 Å². The molecule has 0 aromatic heterocycles. The number of halogens is 1. The second-order valence-electron chi connectivity index (χ2n) is 5.66. The highest BCUT2D eigenvalue weighted by atomic mass is 32.2. The van der Waals surface area contributed by atoms with E-state index >= 15 is 0 Å². The number of nitro groups is 1. The van der Waals surface area contributed by atoms with Gasteiger partial charge in [0.2, 0.25) is 10.0 Å². The van der Waals surface area contributed by atoms with Gasteiger partial charge in [0, 0.05) is 24.4 Å². The highest BCUT2D eigenvalue weighted by Gasteiger charge is 2.28. The van der Waals surface area contributed by atoms with Crippen molar-refractivity contribution in [1.82, 2.24) is 0 Å². The molecule has 1 saturated heterocycles. The molecule has 0 unspecified atom stereocenters. The Balaban J connectivity index is 1.78. The molecule has 0 bridgehead atoms. The van der Waals surface area contributed by atoms with Gasteiger partial charge in [0.1, 0.15) is 5.82 Å². The van der Waals surface area contributed by atoms with Gasteiger partial charge < -0.3 is 5.32 Å². The van der Waals surface area contributed by atoms with Gasteiger partial charge in [-0.1, -0.05) is 0 Å². The Morgan fingerprint density at radius 2 is 1.88 bits per heavy atom. The maximum absolute atomic E-state index is 13.8. The summed E-state index contributed by atoms with van der Waals surface area (Å²) in [5.41, 5.74) is -0.0696. The van der Waals surface area contributed by atoms with Crippen molar-refractivity contribution in [2.45, 2.75) is 6.42 Å². The fraction of sp³-hybridized carbons (Fsp3) is 0.188. The van der Waals surface area contributed by atoms with E-state index in [0.29, 0.717) is 24.3 Å². The summed E-state index contributed by atoms with van der Waals surface area (Å²) in [7, 11) is -3.31. The summed E-state index contributed by atoms with van der Waals surface area (Å²) in [5, 5.41) is 13.2. The third-order valence-electron chi connectivity index (χ3n) is 3.92. The van der Waals surface area contributed by atoms with Crippen LogP contribution in [0, 0.1) is 15.9 Å². The highest BCUT2D eigenvalue weighted by molar-refractivity contribution is 7.93. The molecule has 0 atom stereocenters. The van der Waals surface area contributed by atoms with E-state index in [9.17, 15) is 27.7 Å². The van der Waals surface area contributed by atoms with Gasteiger partial charge in [0.15, 0.2) is 0 Å². The minimum Gasteiger partial charge on any atom is -0.322 e. The zero-order chi connectivity index (χ0) is 18.9. The lowest BCUT2D eigenvalue weighted by atomic mass is 10.1. The SMILES string of the molecule is O=C(Nc1ccc(N2CCCS2(=O)=O)cc1)c1cc([N+](=O)[O-])ccc1F. The number of nitrogens with one attached hydrogen (secondary N) is 1. The number of carbonyl (C=O) groups excluding carboxylic acids is 1. The van der Waals surface area contributed by atoms with Gasteiger partial charge in [-0.15, -0.1) is 0 Å². The molecule has 1 heterocycles. The average molecular weight is 379 g/mol. The number of sulfonamides is 1. The molecule has 2 aromatic carbocycles. The standard InChI is InChI=1S/C16H14FN3O5S/c17-15-7-6-13(20(22)23)10-14(15)16(21)18-11-2-4-12(5-3-11)19-8-1-9-26(19,24)25/h2-7,10H,1,8-9H2,(H,18,21). The van der Waals surface area contributed by atoms with Crippen LogP contribution in [0.25, 0.3) is 0 Å². The molecule has 1 aliphatic rings. The summed E-state index contributed by atoms with van der Waals surface area (Å²) in [6.45, 7) is 0.396. The zero-order valence-electron chi connectivity index (χ0n) is 13.4. The molecule has 0 saturated carbocycles. The van der Waals surface area contributed by atoms with Crippen LogP contribution in [-0.2, 0) is 10.0 Å². The van der Waals surface area contributed by atoms with E-state index in [1.165, 1.54) is 28.6 Å². The lowest BCUT2D eigenvalue weighted by molar-refractivity contribution is -0.384. The molecule has 1 amide bonds. The lowest BCUT2D eigenvalue weighted by Crippen LogP contribution is -2.25. The normalized spacial score (nSPS) is 15.7. The smallest absolute Gasteiger partial charge is 0.270 e. The summed E-state index contributed by atoms with van der Waals surface area (Å²) in [5.74, 6) is -1.63. The molecule has 0 spiro atoms. The molecule has 136 valence electrons. The number of rotatable bonds is 4. The van der Waals surface area contributed by atoms with Crippen LogP contribution in [0.1, 0.15) is 16.8 Å². The third-order valence-corrected chi connectivity index (χ3v) is 5.79. The summed E-state index contributed by atoms with van der Waals surface area (Å²) in [6.07, 6.45) is 0.548. The van der Waals surface area contributed by atoms with Crippen molar-refractivity contribution in [3.63, 3.8) is 0 Å². The predicted molar refractivity (Wildman–Crippen MR) is 93.2 cm³/mol. The van der Waals surface area contributed by atoms with E-state index < -0.39 is 37.9 Å². The van der Waals surface area contributed by atoms with Crippen molar-refractivity contribution in [3.05, 3.63) is 64.0 Å². The number of non-ortho nitro benzene ring substituents is 1. The van der Waals surface area contributed by atoms with Crippen molar-refractivity contribution < 1.29 is 22.5 Å². The number of anilines is 2. The van der Waals surface area contributed by atoms with E-state index in [0.717, 1.165) is 18.2 Å². The third kappa shape index (κ3) is 3.49. The van der Waals surface area contributed by atoms with Crippen LogP contribution in [0.15, 0.2) is 42.5 Å². The van der Waals surface area contributed by atoms with Gasteiger partial charge >= 0.3 is 0 Å². The maximum Gasteiger partial charge on any atom is 0.270 e. The molecule has 1 aliphatic heterocycles. The molecule has 3 rings (SSSR count). The molecule has 10 heteroatoms. The first kappa shape index (κ1) is 17.8. The number of amides is 1. The van der Waals surface area contributed by atoms with Crippen LogP contribution in [0.4, 0.5) is 21.5 Å². The number of hydrogen-bond donors (Lipinski definition) is 1. The van der Waals surface area contributed by atoms with Crippen LogP contribution in [0.5, 0.6) is 0 Å². The summed E-state index contributed by atoms with van der Waals surface area (Å²) in [6, 6.07) is 8.71. The Morgan fingerprint density at radius 1 is 1.19 bits per heavy atom. The van der Waals surface area contributed by atoms with Crippen molar-refractivity contribution in [3.8, 4) is 0 Å². The van der Waals surface area contributed by atoms with Gasteiger partial charge in [-0.3, -0.25) is 19.2 Å². The maximum atomic E-state index is 13.8. The first-order valence-electron chi connectivity index (χ1n) is 7.64. The molecule has 0 radical (unpaired) electrons. The van der Waals surface area contributed by atoms with Gasteiger partial charge in [0.25, 0.3) is 11.6 Å². The highest BCUT2D eigenvalue weighted by Crippen LogP contribution is 2.26. The number of nitrogens with zero attached hydrogens (tertiary/aromatic N) is 2. The molecular weight excluding hydrogens is 365 g/mol. The largest absolute Gasteiger partial charge is 0.322 e. The van der Waals surface area contributed by atoms with Crippen LogP contribution < -0.4 is 9.62 Å². The van der Waals surface area contributed by atoms with Crippen molar-refractivity contribution in [2.75, 3.05) is 21.9 Å². The molecule has 2 aromatic rings.